The fourth-order valence-corrected chi connectivity index (χ4v) is 2.68. The SMILES string of the molecule is COC(=O)C1CN(Cc2cccc(OC)c2)CC1C. The highest BCUT2D eigenvalue weighted by Gasteiger charge is 2.35. The van der Waals surface area contributed by atoms with Gasteiger partial charge in [-0.05, 0) is 23.6 Å². The largest absolute Gasteiger partial charge is 0.497 e. The summed E-state index contributed by atoms with van der Waals surface area (Å²) < 4.78 is 10.1. The molecule has 0 aliphatic carbocycles. The molecule has 1 aliphatic rings. The molecule has 2 unspecified atom stereocenters. The molecule has 0 radical (unpaired) electrons. The highest BCUT2D eigenvalue weighted by molar-refractivity contribution is 5.73. The molecule has 0 spiro atoms. The Hall–Kier alpha value is -1.55. The van der Waals surface area contributed by atoms with E-state index in [1.165, 1.54) is 12.7 Å². The van der Waals surface area contributed by atoms with E-state index in [1.54, 1.807) is 7.11 Å². The molecular formula is C15H21NO3. The number of carbonyl (C=O) groups excluding carboxylic acids is 1. The lowest BCUT2D eigenvalue weighted by Crippen LogP contribution is -2.24. The standard InChI is InChI=1S/C15H21NO3/c1-11-8-16(10-14(11)15(17)19-3)9-12-5-4-6-13(7-12)18-2/h4-7,11,14H,8-10H2,1-3H3. The zero-order chi connectivity index (χ0) is 13.8. The molecule has 4 heteroatoms. The first-order chi connectivity index (χ1) is 9.13. The molecule has 104 valence electrons. The van der Waals surface area contributed by atoms with Crippen molar-refractivity contribution < 1.29 is 14.3 Å². The third-order valence-corrected chi connectivity index (χ3v) is 3.73. The van der Waals surface area contributed by atoms with Gasteiger partial charge in [-0.15, -0.1) is 0 Å². The topological polar surface area (TPSA) is 38.8 Å². The average Bonchev–Trinajstić information content (AvgIpc) is 2.79. The first kappa shape index (κ1) is 13.9. The van der Waals surface area contributed by atoms with E-state index in [4.69, 9.17) is 9.47 Å². The Bertz CT molecular complexity index is 447. The number of hydrogen-bond acceptors (Lipinski definition) is 4. The van der Waals surface area contributed by atoms with Gasteiger partial charge in [0.1, 0.15) is 5.75 Å². The van der Waals surface area contributed by atoms with Crippen molar-refractivity contribution >= 4 is 5.97 Å². The van der Waals surface area contributed by atoms with Crippen LogP contribution in [-0.4, -0.2) is 38.2 Å². The zero-order valence-electron chi connectivity index (χ0n) is 11.8. The van der Waals surface area contributed by atoms with Gasteiger partial charge in [0.05, 0.1) is 20.1 Å². The van der Waals surface area contributed by atoms with Gasteiger partial charge in [0.15, 0.2) is 0 Å². The quantitative estimate of drug-likeness (QED) is 0.778. The van der Waals surface area contributed by atoms with E-state index < -0.39 is 0 Å². The summed E-state index contributed by atoms with van der Waals surface area (Å²) in [6, 6.07) is 8.05. The fraction of sp³-hybridized carbons (Fsp3) is 0.533. The molecule has 4 nitrogen and oxygen atoms in total. The van der Waals surface area contributed by atoms with Crippen LogP contribution in [0, 0.1) is 11.8 Å². The van der Waals surface area contributed by atoms with Gasteiger partial charge in [-0.3, -0.25) is 9.69 Å². The average molecular weight is 263 g/mol. The Balaban J connectivity index is 1.99. The number of ether oxygens (including phenoxy) is 2. The van der Waals surface area contributed by atoms with E-state index in [9.17, 15) is 4.79 Å². The van der Waals surface area contributed by atoms with Gasteiger partial charge in [-0.2, -0.15) is 0 Å². The predicted molar refractivity (Wildman–Crippen MR) is 72.9 cm³/mol. The third kappa shape index (κ3) is 3.26. The molecule has 19 heavy (non-hydrogen) atoms. The van der Waals surface area contributed by atoms with E-state index >= 15 is 0 Å². The number of hydrogen-bond donors (Lipinski definition) is 0. The maximum absolute atomic E-state index is 11.7. The third-order valence-electron chi connectivity index (χ3n) is 3.73. The van der Waals surface area contributed by atoms with Gasteiger partial charge in [-0.1, -0.05) is 19.1 Å². The number of carbonyl (C=O) groups is 1. The Kier molecular flexibility index (Phi) is 4.43. The first-order valence-electron chi connectivity index (χ1n) is 6.57. The van der Waals surface area contributed by atoms with Crippen LogP contribution in [0.4, 0.5) is 0 Å². The van der Waals surface area contributed by atoms with Crippen LogP contribution in [0.15, 0.2) is 24.3 Å². The van der Waals surface area contributed by atoms with Gasteiger partial charge in [-0.25, -0.2) is 0 Å². The lowest BCUT2D eigenvalue weighted by molar-refractivity contribution is -0.146. The van der Waals surface area contributed by atoms with Crippen LogP contribution in [0.3, 0.4) is 0 Å². The summed E-state index contributed by atoms with van der Waals surface area (Å²) in [5.41, 5.74) is 1.21. The maximum Gasteiger partial charge on any atom is 0.310 e. The maximum atomic E-state index is 11.7. The highest BCUT2D eigenvalue weighted by atomic mass is 16.5. The van der Waals surface area contributed by atoms with E-state index in [2.05, 4.69) is 17.9 Å². The van der Waals surface area contributed by atoms with Crippen molar-refractivity contribution in [2.45, 2.75) is 13.5 Å². The first-order valence-corrected chi connectivity index (χ1v) is 6.57. The Morgan fingerprint density at radius 3 is 2.84 bits per heavy atom. The number of nitrogens with zero attached hydrogens (tertiary/aromatic N) is 1. The molecule has 0 aromatic heterocycles. The molecular weight excluding hydrogens is 242 g/mol. The van der Waals surface area contributed by atoms with Gasteiger partial charge < -0.3 is 9.47 Å². The minimum atomic E-state index is -0.0966. The molecule has 0 bridgehead atoms. The Morgan fingerprint density at radius 2 is 2.16 bits per heavy atom. The van der Waals surface area contributed by atoms with Crippen LogP contribution in [0.2, 0.25) is 0 Å². The van der Waals surface area contributed by atoms with Gasteiger partial charge in [0.2, 0.25) is 0 Å². The molecule has 1 aromatic carbocycles. The molecule has 1 fully saturated rings. The van der Waals surface area contributed by atoms with E-state index in [1.807, 2.05) is 18.2 Å². The van der Waals surface area contributed by atoms with Crippen LogP contribution in [0.25, 0.3) is 0 Å². The second-order valence-electron chi connectivity index (χ2n) is 5.15. The van der Waals surface area contributed by atoms with Crippen molar-refractivity contribution in [1.29, 1.82) is 0 Å². The molecule has 1 aliphatic heterocycles. The van der Waals surface area contributed by atoms with Crippen molar-refractivity contribution in [1.82, 2.24) is 4.90 Å². The molecule has 2 atom stereocenters. The van der Waals surface area contributed by atoms with E-state index in [0.717, 1.165) is 25.4 Å². The summed E-state index contributed by atoms with van der Waals surface area (Å²) in [4.78, 5) is 13.9. The van der Waals surface area contributed by atoms with Gasteiger partial charge in [0.25, 0.3) is 0 Å². The minimum Gasteiger partial charge on any atom is -0.497 e. The normalized spacial score (nSPS) is 23.3. The number of esters is 1. The highest BCUT2D eigenvalue weighted by Crippen LogP contribution is 2.26. The second kappa shape index (κ2) is 6.06. The molecule has 0 N–H and O–H groups in total. The monoisotopic (exact) mass is 263 g/mol. The number of benzene rings is 1. The van der Waals surface area contributed by atoms with Crippen molar-refractivity contribution in [3.8, 4) is 5.75 Å². The molecule has 1 saturated heterocycles. The minimum absolute atomic E-state index is 0.00407. The Morgan fingerprint density at radius 1 is 1.37 bits per heavy atom. The van der Waals surface area contributed by atoms with Gasteiger partial charge in [0, 0.05) is 19.6 Å². The van der Waals surface area contributed by atoms with Crippen molar-refractivity contribution in [2.75, 3.05) is 27.3 Å². The molecule has 1 aromatic rings. The Labute approximate surface area is 114 Å². The van der Waals surface area contributed by atoms with Crippen LogP contribution >= 0.6 is 0 Å². The van der Waals surface area contributed by atoms with Gasteiger partial charge >= 0.3 is 5.97 Å². The van der Waals surface area contributed by atoms with E-state index in [0.29, 0.717) is 5.92 Å². The number of methoxy groups -OCH3 is 2. The fourth-order valence-electron chi connectivity index (χ4n) is 2.68. The van der Waals surface area contributed by atoms with E-state index in [-0.39, 0.29) is 11.9 Å². The van der Waals surface area contributed by atoms with Crippen molar-refractivity contribution in [3.63, 3.8) is 0 Å². The van der Waals surface area contributed by atoms with Crippen LogP contribution < -0.4 is 4.74 Å². The zero-order valence-corrected chi connectivity index (χ0v) is 11.8. The van der Waals surface area contributed by atoms with Crippen molar-refractivity contribution in [3.05, 3.63) is 29.8 Å². The predicted octanol–water partition coefficient (Wildman–Crippen LogP) is 1.94. The van der Waals surface area contributed by atoms with Crippen molar-refractivity contribution in [2.24, 2.45) is 11.8 Å². The summed E-state index contributed by atoms with van der Waals surface area (Å²) in [6.07, 6.45) is 0. The van der Waals surface area contributed by atoms with Crippen LogP contribution in [0.5, 0.6) is 5.75 Å². The molecule has 0 saturated carbocycles. The molecule has 1 heterocycles. The summed E-state index contributed by atoms with van der Waals surface area (Å²) >= 11 is 0. The van der Waals surface area contributed by atoms with Crippen LogP contribution in [-0.2, 0) is 16.1 Å². The number of rotatable bonds is 4. The summed E-state index contributed by atoms with van der Waals surface area (Å²) in [6.45, 7) is 4.64. The summed E-state index contributed by atoms with van der Waals surface area (Å²) in [7, 11) is 3.13. The molecule has 0 amide bonds. The number of likely N-dealkylation sites (tertiary alicyclic amines) is 1. The summed E-state index contributed by atoms with van der Waals surface area (Å²) in [5, 5.41) is 0. The molecule has 2 rings (SSSR count). The second-order valence-corrected chi connectivity index (χ2v) is 5.15. The summed E-state index contributed by atoms with van der Waals surface area (Å²) in [5.74, 6) is 1.11. The lowest BCUT2D eigenvalue weighted by atomic mass is 9.99. The smallest absolute Gasteiger partial charge is 0.310 e. The van der Waals surface area contributed by atoms with Crippen LogP contribution in [0.1, 0.15) is 12.5 Å². The lowest BCUT2D eigenvalue weighted by Gasteiger charge is -2.15.